The van der Waals surface area contributed by atoms with E-state index >= 15 is 0 Å². The molecule has 1 amide bonds. The van der Waals surface area contributed by atoms with Gasteiger partial charge in [-0.3, -0.25) is 4.79 Å². The van der Waals surface area contributed by atoms with Crippen LogP contribution in [-0.4, -0.2) is 35.7 Å². The van der Waals surface area contributed by atoms with Gasteiger partial charge < -0.3 is 15.7 Å². The summed E-state index contributed by atoms with van der Waals surface area (Å²) >= 11 is 0. The van der Waals surface area contributed by atoms with Gasteiger partial charge in [-0.25, -0.2) is 0 Å². The second kappa shape index (κ2) is 5.47. The minimum absolute atomic E-state index is 0.0171. The van der Waals surface area contributed by atoms with E-state index < -0.39 is 5.60 Å². The first-order chi connectivity index (χ1) is 7.05. The highest BCUT2D eigenvalue weighted by atomic mass is 16.3. The van der Waals surface area contributed by atoms with Crippen molar-refractivity contribution in [1.82, 2.24) is 10.6 Å². The molecule has 1 rings (SSSR count). The molecule has 1 saturated heterocycles. The van der Waals surface area contributed by atoms with Crippen LogP contribution < -0.4 is 10.6 Å². The molecule has 1 unspecified atom stereocenters. The van der Waals surface area contributed by atoms with Gasteiger partial charge in [0.05, 0.1) is 11.6 Å². The van der Waals surface area contributed by atoms with Crippen LogP contribution >= 0.6 is 0 Å². The minimum Gasteiger partial charge on any atom is -0.388 e. The fraction of sp³-hybridized carbons (Fsp3) is 0.909. The molecule has 0 radical (unpaired) electrons. The SMILES string of the molecule is CCC(C)(O)CNC(=O)[C@H]1CCCCN1. The van der Waals surface area contributed by atoms with Gasteiger partial charge in [0.25, 0.3) is 0 Å². The van der Waals surface area contributed by atoms with Gasteiger partial charge >= 0.3 is 0 Å². The lowest BCUT2D eigenvalue weighted by Gasteiger charge is -2.26. The van der Waals surface area contributed by atoms with Crippen molar-refractivity contribution in [3.63, 3.8) is 0 Å². The van der Waals surface area contributed by atoms with Crippen LogP contribution in [0.4, 0.5) is 0 Å². The molecule has 4 heteroatoms. The molecular formula is C11H22N2O2. The monoisotopic (exact) mass is 214 g/mol. The number of carbonyl (C=O) groups excluding carboxylic acids is 1. The molecule has 88 valence electrons. The molecule has 0 saturated carbocycles. The van der Waals surface area contributed by atoms with Gasteiger partial charge in [-0.2, -0.15) is 0 Å². The Morgan fingerprint density at radius 1 is 1.60 bits per heavy atom. The maximum absolute atomic E-state index is 11.7. The third-order valence-corrected chi connectivity index (χ3v) is 3.03. The number of carbonyl (C=O) groups is 1. The molecule has 0 aromatic carbocycles. The Hall–Kier alpha value is -0.610. The molecule has 0 aromatic heterocycles. The Labute approximate surface area is 91.4 Å². The minimum atomic E-state index is -0.787. The third kappa shape index (κ3) is 4.18. The molecule has 0 aliphatic carbocycles. The molecule has 15 heavy (non-hydrogen) atoms. The standard InChI is InChI=1S/C11H22N2O2/c1-3-11(2,15)8-13-10(14)9-6-4-5-7-12-9/h9,12,15H,3-8H2,1-2H3,(H,13,14)/t9-,11?/m1/s1. The number of hydrogen-bond donors (Lipinski definition) is 3. The van der Waals surface area contributed by atoms with Gasteiger partial charge in [-0.05, 0) is 32.7 Å². The van der Waals surface area contributed by atoms with Crippen LogP contribution in [0.3, 0.4) is 0 Å². The molecule has 3 N–H and O–H groups in total. The largest absolute Gasteiger partial charge is 0.388 e. The Bertz CT molecular complexity index is 211. The summed E-state index contributed by atoms with van der Waals surface area (Å²) in [4.78, 5) is 11.7. The highest BCUT2D eigenvalue weighted by Gasteiger charge is 2.23. The summed E-state index contributed by atoms with van der Waals surface area (Å²) in [5, 5.41) is 15.7. The molecule has 0 aromatic rings. The van der Waals surface area contributed by atoms with Crippen molar-refractivity contribution in [3.05, 3.63) is 0 Å². The molecular weight excluding hydrogens is 192 g/mol. The zero-order valence-corrected chi connectivity index (χ0v) is 9.68. The predicted molar refractivity (Wildman–Crippen MR) is 59.6 cm³/mol. The van der Waals surface area contributed by atoms with E-state index in [1.54, 1.807) is 6.92 Å². The van der Waals surface area contributed by atoms with E-state index in [1.165, 1.54) is 0 Å². The van der Waals surface area contributed by atoms with Crippen LogP contribution in [0, 0.1) is 0 Å². The van der Waals surface area contributed by atoms with Crippen molar-refractivity contribution >= 4 is 5.91 Å². The first kappa shape index (κ1) is 12.5. The van der Waals surface area contributed by atoms with Crippen molar-refractivity contribution < 1.29 is 9.90 Å². The fourth-order valence-electron chi connectivity index (χ4n) is 1.60. The second-order valence-corrected chi connectivity index (χ2v) is 4.57. The number of amides is 1. The first-order valence-electron chi connectivity index (χ1n) is 5.78. The van der Waals surface area contributed by atoms with E-state index in [4.69, 9.17) is 0 Å². The van der Waals surface area contributed by atoms with E-state index in [2.05, 4.69) is 10.6 Å². The summed E-state index contributed by atoms with van der Waals surface area (Å²) in [6.45, 7) is 4.90. The Kier molecular flexibility index (Phi) is 4.54. The molecule has 1 fully saturated rings. The fourth-order valence-corrected chi connectivity index (χ4v) is 1.60. The van der Waals surface area contributed by atoms with Crippen molar-refractivity contribution in [3.8, 4) is 0 Å². The van der Waals surface area contributed by atoms with E-state index in [-0.39, 0.29) is 11.9 Å². The average Bonchev–Trinajstić information content (AvgIpc) is 2.27. The third-order valence-electron chi connectivity index (χ3n) is 3.03. The number of rotatable bonds is 4. The summed E-state index contributed by atoms with van der Waals surface area (Å²) in [6.07, 6.45) is 3.80. The summed E-state index contributed by atoms with van der Waals surface area (Å²) in [5.74, 6) is 0.0171. The lowest BCUT2D eigenvalue weighted by Crippen LogP contribution is -2.50. The zero-order chi connectivity index (χ0) is 11.3. The first-order valence-corrected chi connectivity index (χ1v) is 5.78. The molecule has 0 bridgehead atoms. The van der Waals surface area contributed by atoms with Crippen LogP contribution in [-0.2, 0) is 4.79 Å². The topological polar surface area (TPSA) is 61.4 Å². The predicted octanol–water partition coefficient (Wildman–Crippen LogP) is 0.406. The summed E-state index contributed by atoms with van der Waals surface area (Å²) < 4.78 is 0. The highest BCUT2D eigenvalue weighted by molar-refractivity contribution is 5.81. The summed E-state index contributed by atoms with van der Waals surface area (Å²) in [5.41, 5.74) is -0.787. The quantitative estimate of drug-likeness (QED) is 0.635. The highest BCUT2D eigenvalue weighted by Crippen LogP contribution is 2.09. The van der Waals surface area contributed by atoms with Gasteiger partial charge in [0.15, 0.2) is 0 Å². The maximum atomic E-state index is 11.7. The number of hydrogen-bond acceptors (Lipinski definition) is 3. The van der Waals surface area contributed by atoms with Crippen LogP contribution in [0.15, 0.2) is 0 Å². The van der Waals surface area contributed by atoms with Gasteiger partial charge in [0.1, 0.15) is 0 Å². The van der Waals surface area contributed by atoms with E-state index in [0.717, 1.165) is 25.8 Å². The van der Waals surface area contributed by atoms with Gasteiger partial charge in [0.2, 0.25) is 5.91 Å². The molecule has 1 aliphatic heterocycles. The van der Waals surface area contributed by atoms with E-state index in [9.17, 15) is 9.90 Å². The number of aliphatic hydroxyl groups is 1. The van der Waals surface area contributed by atoms with E-state index in [0.29, 0.717) is 13.0 Å². The van der Waals surface area contributed by atoms with Crippen LogP contribution in [0.5, 0.6) is 0 Å². The lowest BCUT2D eigenvalue weighted by atomic mass is 10.0. The van der Waals surface area contributed by atoms with Crippen molar-refractivity contribution in [2.24, 2.45) is 0 Å². The smallest absolute Gasteiger partial charge is 0.237 e. The molecule has 1 heterocycles. The Morgan fingerprint density at radius 3 is 2.87 bits per heavy atom. The number of nitrogens with one attached hydrogen (secondary N) is 2. The van der Waals surface area contributed by atoms with Gasteiger partial charge in [-0.15, -0.1) is 0 Å². The average molecular weight is 214 g/mol. The van der Waals surface area contributed by atoms with Crippen molar-refractivity contribution in [2.45, 2.75) is 51.2 Å². The van der Waals surface area contributed by atoms with Crippen molar-refractivity contribution in [2.75, 3.05) is 13.1 Å². The zero-order valence-electron chi connectivity index (χ0n) is 9.68. The van der Waals surface area contributed by atoms with Crippen molar-refractivity contribution in [1.29, 1.82) is 0 Å². The lowest BCUT2D eigenvalue weighted by molar-refractivity contribution is -0.124. The van der Waals surface area contributed by atoms with E-state index in [1.807, 2.05) is 6.92 Å². The number of piperidine rings is 1. The van der Waals surface area contributed by atoms with Crippen LogP contribution in [0.25, 0.3) is 0 Å². The van der Waals surface area contributed by atoms with Crippen LogP contribution in [0.2, 0.25) is 0 Å². The molecule has 1 aliphatic rings. The van der Waals surface area contributed by atoms with Crippen LogP contribution in [0.1, 0.15) is 39.5 Å². The second-order valence-electron chi connectivity index (χ2n) is 4.57. The normalized spacial score (nSPS) is 25.7. The molecule has 2 atom stereocenters. The Morgan fingerprint density at radius 2 is 2.33 bits per heavy atom. The molecule has 0 spiro atoms. The van der Waals surface area contributed by atoms with Gasteiger partial charge in [-0.1, -0.05) is 13.3 Å². The maximum Gasteiger partial charge on any atom is 0.237 e. The Balaban J connectivity index is 2.28. The molecule has 4 nitrogen and oxygen atoms in total. The summed E-state index contributed by atoms with van der Waals surface area (Å²) in [7, 11) is 0. The summed E-state index contributed by atoms with van der Waals surface area (Å²) in [6, 6.07) is -0.0635. The van der Waals surface area contributed by atoms with Gasteiger partial charge in [0, 0.05) is 6.54 Å².